The molecule has 0 amide bonds. The van der Waals surface area contributed by atoms with Gasteiger partial charge in [-0.1, -0.05) is 13.8 Å². The van der Waals surface area contributed by atoms with Gasteiger partial charge in [-0.25, -0.2) is 8.42 Å². The average molecular weight is 292 g/mol. The molecule has 1 saturated carbocycles. The van der Waals surface area contributed by atoms with Crippen LogP contribution in [-0.4, -0.2) is 54.1 Å². The largest absolute Gasteiger partial charge is 0.313 e. The number of hydrogen-bond acceptors (Lipinski definition) is 4. The van der Waals surface area contributed by atoms with E-state index < -0.39 is 10.0 Å². The minimum Gasteiger partial charge on any atom is -0.313 e. The Labute approximate surface area is 115 Å². The van der Waals surface area contributed by atoms with Crippen LogP contribution in [0.5, 0.6) is 0 Å². The standard InChI is InChI=1S/C12H24N2O2S2/c1-9-7-14(8-10(2)17-9)18(15,16)11(3)6-13-12-4-5-12/h9-13H,4-8H2,1-3H3. The van der Waals surface area contributed by atoms with E-state index >= 15 is 0 Å². The number of nitrogens with zero attached hydrogens (tertiary/aromatic N) is 1. The van der Waals surface area contributed by atoms with E-state index in [-0.39, 0.29) is 5.25 Å². The second-order valence-corrected chi connectivity index (χ2v) is 9.85. The highest BCUT2D eigenvalue weighted by Gasteiger charge is 2.35. The van der Waals surface area contributed by atoms with Crippen LogP contribution in [0, 0.1) is 0 Å². The SMILES string of the molecule is CC1CN(S(=O)(=O)C(C)CNC2CC2)CC(C)S1. The molecule has 0 bridgehead atoms. The summed E-state index contributed by atoms with van der Waals surface area (Å²) in [7, 11) is -3.14. The van der Waals surface area contributed by atoms with Crippen LogP contribution in [-0.2, 0) is 10.0 Å². The van der Waals surface area contributed by atoms with Gasteiger partial charge in [0.05, 0.1) is 5.25 Å². The molecule has 1 heterocycles. The summed E-state index contributed by atoms with van der Waals surface area (Å²) in [5, 5.41) is 3.79. The Bertz CT molecular complexity index is 372. The smallest absolute Gasteiger partial charge is 0.218 e. The van der Waals surface area contributed by atoms with Crippen molar-refractivity contribution < 1.29 is 8.42 Å². The fourth-order valence-electron chi connectivity index (χ4n) is 2.32. The van der Waals surface area contributed by atoms with Gasteiger partial charge in [-0.3, -0.25) is 0 Å². The number of nitrogens with one attached hydrogen (secondary N) is 1. The van der Waals surface area contributed by atoms with Gasteiger partial charge in [0, 0.05) is 36.2 Å². The van der Waals surface area contributed by atoms with Gasteiger partial charge in [0.25, 0.3) is 0 Å². The molecule has 1 aliphatic heterocycles. The lowest BCUT2D eigenvalue weighted by Gasteiger charge is -2.35. The molecule has 4 nitrogen and oxygen atoms in total. The third-order valence-corrected chi connectivity index (χ3v) is 6.95. The number of sulfonamides is 1. The van der Waals surface area contributed by atoms with Crippen molar-refractivity contribution in [3.8, 4) is 0 Å². The molecule has 1 N–H and O–H groups in total. The van der Waals surface area contributed by atoms with E-state index in [9.17, 15) is 8.42 Å². The maximum atomic E-state index is 12.5. The first kappa shape index (κ1) is 14.6. The maximum absolute atomic E-state index is 12.5. The Morgan fingerprint density at radius 3 is 2.33 bits per heavy atom. The molecule has 3 unspecified atom stereocenters. The lowest BCUT2D eigenvalue weighted by molar-refractivity contribution is 0.397. The monoisotopic (exact) mass is 292 g/mol. The Balaban J connectivity index is 1.94. The molecule has 18 heavy (non-hydrogen) atoms. The average Bonchev–Trinajstić information content (AvgIpc) is 3.08. The van der Waals surface area contributed by atoms with Gasteiger partial charge in [0.1, 0.15) is 0 Å². The molecular weight excluding hydrogens is 268 g/mol. The molecule has 1 saturated heterocycles. The van der Waals surface area contributed by atoms with Crippen molar-refractivity contribution in [1.82, 2.24) is 9.62 Å². The highest BCUT2D eigenvalue weighted by atomic mass is 32.2. The number of rotatable bonds is 5. The predicted molar refractivity (Wildman–Crippen MR) is 77.5 cm³/mol. The predicted octanol–water partition coefficient (Wildman–Crippen LogP) is 1.28. The number of thioether (sulfide) groups is 1. The van der Waals surface area contributed by atoms with Crippen LogP contribution < -0.4 is 5.32 Å². The van der Waals surface area contributed by atoms with Crippen LogP contribution in [0.2, 0.25) is 0 Å². The van der Waals surface area contributed by atoms with Gasteiger partial charge >= 0.3 is 0 Å². The van der Waals surface area contributed by atoms with Gasteiger partial charge < -0.3 is 5.32 Å². The molecule has 0 aromatic carbocycles. The van der Waals surface area contributed by atoms with E-state index in [2.05, 4.69) is 19.2 Å². The minimum absolute atomic E-state index is 0.319. The van der Waals surface area contributed by atoms with Gasteiger partial charge in [-0.05, 0) is 19.8 Å². The molecule has 106 valence electrons. The zero-order valence-corrected chi connectivity index (χ0v) is 13.1. The number of hydrogen-bond donors (Lipinski definition) is 1. The zero-order chi connectivity index (χ0) is 13.3. The van der Waals surface area contributed by atoms with Crippen LogP contribution in [0.4, 0.5) is 0 Å². The van der Waals surface area contributed by atoms with Crippen LogP contribution in [0.15, 0.2) is 0 Å². The molecule has 0 aromatic rings. The summed E-state index contributed by atoms with van der Waals surface area (Å²) in [5.41, 5.74) is 0. The summed E-state index contributed by atoms with van der Waals surface area (Å²) in [6.45, 7) is 7.93. The quantitative estimate of drug-likeness (QED) is 0.829. The summed E-state index contributed by atoms with van der Waals surface area (Å²) in [4.78, 5) is 0. The highest BCUT2D eigenvalue weighted by molar-refractivity contribution is 8.00. The minimum atomic E-state index is -3.14. The Kier molecular flexibility index (Phi) is 4.62. The first-order valence-electron chi connectivity index (χ1n) is 6.77. The van der Waals surface area contributed by atoms with E-state index in [0.29, 0.717) is 36.2 Å². The zero-order valence-electron chi connectivity index (χ0n) is 11.4. The third-order valence-electron chi connectivity index (χ3n) is 3.53. The molecular formula is C12H24N2O2S2. The van der Waals surface area contributed by atoms with E-state index in [1.54, 1.807) is 4.31 Å². The third kappa shape index (κ3) is 3.62. The van der Waals surface area contributed by atoms with E-state index in [1.807, 2.05) is 18.7 Å². The maximum Gasteiger partial charge on any atom is 0.218 e. The summed E-state index contributed by atoms with van der Waals surface area (Å²) in [5.74, 6) is 0. The molecule has 0 aromatic heterocycles. The molecule has 0 radical (unpaired) electrons. The first-order valence-corrected chi connectivity index (χ1v) is 9.22. The highest BCUT2D eigenvalue weighted by Crippen LogP contribution is 2.27. The molecule has 2 aliphatic rings. The van der Waals surface area contributed by atoms with E-state index in [4.69, 9.17) is 0 Å². The van der Waals surface area contributed by atoms with Crippen LogP contribution >= 0.6 is 11.8 Å². The van der Waals surface area contributed by atoms with Gasteiger partial charge in [0.15, 0.2) is 0 Å². The van der Waals surface area contributed by atoms with Crippen molar-refractivity contribution in [1.29, 1.82) is 0 Å². The molecule has 6 heteroatoms. The van der Waals surface area contributed by atoms with Gasteiger partial charge in [-0.15, -0.1) is 0 Å². The lowest BCUT2D eigenvalue weighted by atomic mass is 10.4. The topological polar surface area (TPSA) is 49.4 Å². The second kappa shape index (κ2) is 5.69. The molecule has 1 aliphatic carbocycles. The molecule has 3 atom stereocenters. The van der Waals surface area contributed by atoms with Crippen molar-refractivity contribution in [2.24, 2.45) is 0 Å². The van der Waals surface area contributed by atoms with Crippen LogP contribution in [0.25, 0.3) is 0 Å². The van der Waals surface area contributed by atoms with E-state index in [0.717, 1.165) is 0 Å². The Hall–Kier alpha value is 0.220. The molecule has 2 rings (SSSR count). The van der Waals surface area contributed by atoms with Crippen molar-refractivity contribution in [3.05, 3.63) is 0 Å². The fourth-order valence-corrected chi connectivity index (χ4v) is 5.51. The lowest BCUT2D eigenvalue weighted by Crippen LogP contribution is -2.49. The van der Waals surface area contributed by atoms with E-state index in [1.165, 1.54) is 12.8 Å². The summed E-state index contributed by atoms with van der Waals surface area (Å²) in [6, 6.07) is 0.567. The second-order valence-electron chi connectivity index (χ2n) is 5.61. The van der Waals surface area contributed by atoms with Crippen molar-refractivity contribution in [3.63, 3.8) is 0 Å². The summed E-state index contributed by atoms with van der Waals surface area (Å²) in [6.07, 6.45) is 2.39. The molecule has 2 fully saturated rings. The van der Waals surface area contributed by atoms with Crippen LogP contribution in [0.3, 0.4) is 0 Å². The van der Waals surface area contributed by atoms with Gasteiger partial charge in [0.2, 0.25) is 10.0 Å². The summed E-state index contributed by atoms with van der Waals surface area (Å²) >= 11 is 1.88. The Morgan fingerprint density at radius 2 is 1.83 bits per heavy atom. The summed E-state index contributed by atoms with van der Waals surface area (Å²) < 4.78 is 26.7. The first-order chi connectivity index (χ1) is 8.39. The fraction of sp³-hybridized carbons (Fsp3) is 1.00. The van der Waals surface area contributed by atoms with Crippen molar-refractivity contribution in [2.75, 3.05) is 19.6 Å². The normalized spacial score (nSPS) is 32.4. The van der Waals surface area contributed by atoms with Crippen molar-refractivity contribution in [2.45, 2.75) is 55.4 Å². The molecule has 0 spiro atoms. The van der Waals surface area contributed by atoms with Gasteiger partial charge in [-0.2, -0.15) is 16.1 Å². The van der Waals surface area contributed by atoms with Crippen molar-refractivity contribution >= 4 is 21.8 Å². The Morgan fingerprint density at radius 1 is 1.28 bits per heavy atom. The van der Waals surface area contributed by atoms with Crippen LogP contribution in [0.1, 0.15) is 33.6 Å².